The number of aliphatic hydroxyl groups excluding tert-OH is 1. The van der Waals surface area contributed by atoms with Gasteiger partial charge in [0.05, 0.1) is 11.7 Å². The standard InChI is InChI=1S/C26H35N3O3/c1-3-18-7-8-19-5-4-6-21(22(19)15-25(18)31)26-23-16-28(17(2)30)12-9-24(23)29(27-26)20-10-13-32-14-11-20/h4-6,17-18,20,30H,3,7-16H2,1-2H3. The second kappa shape index (κ2) is 9.08. The fourth-order valence-corrected chi connectivity index (χ4v) is 5.77. The van der Waals surface area contributed by atoms with Crippen LogP contribution in [0.3, 0.4) is 0 Å². The number of fused-ring (bicyclic) bond motifs is 2. The number of nitrogens with zero attached hydrogens (tertiary/aromatic N) is 3. The van der Waals surface area contributed by atoms with Crippen LogP contribution in [0.4, 0.5) is 0 Å². The zero-order valence-electron chi connectivity index (χ0n) is 19.3. The smallest absolute Gasteiger partial charge is 0.140 e. The van der Waals surface area contributed by atoms with E-state index < -0.39 is 6.23 Å². The molecule has 5 rings (SSSR count). The van der Waals surface area contributed by atoms with Gasteiger partial charge in [-0.2, -0.15) is 5.10 Å². The molecule has 3 aliphatic rings. The number of hydrogen-bond acceptors (Lipinski definition) is 5. The Morgan fingerprint density at radius 1 is 1.19 bits per heavy atom. The summed E-state index contributed by atoms with van der Waals surface area (Å²) in [5.41, 5.74) is 7.11. The number of ether oxygens (including phenoxy) is 1. The van der Waals surface area contributed by atoms with Crippen molar-refractivity contribution < 1.29 is 14.6 Å². The number of aromatic nitrogens is 2. The van der Waals surface area contributed by atoms with Gasteiger partial charge in [0.15, 0.2) is 0 Å². The van der Waals surface area contributed by atoms with Gasteiger partial charge in [-0.3, -0.25) is 14.4 Å². The lowest BCUT2D eigenvalue weighted by molar-refractivity contribution is -0.122. The largest absolute Gasteiger partial charge is 0.381 e. The number of aliphatic hydroxyl groups is 1. The van der Waals surface area contributed by atoms with E-state index in [2.05, 4.69) is 34.7 Å². The van der Waals surface area contributed by atoms with Gasteiger partial charge in [0.25, 0.3) is 0 Å². The van der Waals surface area contributed by atoms with Crippen molar-refractivity contribution in [3.05, 3.63) is 40.6 Å². The van der Waals surface area contributed by atoms with Crippen LogP contribution in [0.5, 0.6) is 0 Å². The van der Waals surface area contributed by atoms with Crippen LogP contribution < -0.4 is 0 Å². The molecule has 2 aromatic rings. The predicted octanol–water partition coefficient (Wildman–Crippen LogP) is 3.68. The molecule has 6 nitrogen and oxygen atoms in total. The van der Waals surface area contributed by atoms with Crippen LogP contribution in [0.2, 0.25) is 0 Å². The summed E-state index contributed by atoms with van der Waals surface area (Å²) in [6.45, 7) is 7.05. The number of ketones is 1. The topological polar surface area (TPSA) is 67.6 Å². The summed E-state index contributed by atoms with van der Waals surface area (Å²) in [7, 11) is 0. The molecule has 2 aliphatic heterocycles. The molecule has 0 saturated carbocycles. The lowest BCUT2D eigenvalue weighted by Gasteiger charge is -2.31. The van der Waals surface area contributed by atoms with Gasteiger partial charge in [-0.1, -0.05) is 25.1 Å². The van der Waals surface area contributed by atoms with E-state index in [4.69, 9.17) is 9.84 Å². The van der Waals surface area contributed by atoms with Crippen molar-refractivity contribution in [2.24, 2.45) is 5.92 Å². The third-order valence-electron chi connectivity index (χ3n) is 7.77. The summed E-state index contributed by atoms with van der Waals surface area (Å²) in [6.07, 6.45) is 5.68. The molecule has 1 aromatic heterocycles. The predicted molar refractivity (Wildman–Crippen MR) is 123 cm³/mol. The Hall–Kier alpha value is -2.02. The molecule has 2 unspecified atom stereocenters. The summed E-state index contributed by atoms with van der Waals surface area (Å²) in [5, 5.41) is 15.5. The fraction of sp³-hybridized carbons (Fsp3) is 0.615. The van der Waals surface area contributed by atoms with Crippen LogP contribution in [0.15, 0.2) is 18.2 Å². The first-order valence-electron chi connectivity index (χ1n) is 12.3. The highest BCUT2D eigenvalue weighted by atomic mass is 16.5. The van der Waals surface area contributed by atoms with Crippen LogP contribution in [-0.2, 0) is 35.3 Å². The van der Waals surface area contributed by atoms with E-state index in [0.29, 0.717) is 24.8 Å². The molecule has 1 saturated heterocycles. The zero-order valence-corrected chi connectivity index (χ0v) is 19.3. The van der Waals surface area contributed by atoms with Crippen LogP contribution >= 0.6 is 0 Å². The Morgan fingerprint density at radius 3 is 2.75 bits per heavy atom. The Labute approximate surface area is 190 Å². The van der Waals surface area contributed by atoms with Crippen molar-refractivity contribution in [2.45, 2.75) is 77.6 Å². The quantitative estimate of drug-likeness (QED) is 0.739. The summed E-state index contributed by atoms with van der Waals surface area (Å²) < 4.78 is 7.87. The van der Waals surface area contributed by atoms with Gasteiger partial charge in [-0.05, 0) is 50.2 Å². The van der Waals surface area contributed by atoms with Crippen LogP contribution in [0.25, 0.3) is 11.3 Å². The Bertz CT molecular complexity index is 990. The summed E-state index contributed by atoms with van der Waals surface area (Å²) in [4.78, 5) is 15.1. The minimum absolute atomic E-state index is 0.162. The summed E-state index contributed by atoms with van der Waals surface area (Å²) >= 11 is 0. The minimum Gasteiger partial charge on any atom is -0.381 e. The van der Waals surface area contributed by atoms with E-state index in [-0.39, 0.29) is 5.92 Å². The first kappa shape index (κ1) is 21.8. The molecular weight excluding hydrogens is 402 g/mol. The monoisotopic (exact) mass is 437 g/mol. The van der Waals surface area contributed by atoms with Crippen LogP contribution in [0, 0.1) is 5.92 Å². The minimum atomic E-state index is -0.484. The lowest BCUT2D eigenvalue weighted by Crippen LogP contribution is -2.38. The number of Topliss-reactive ketones (excluding diaryl/α,β-unsaturated/α-hetero) is 1. The van der Waals surface area contributed by atoms with E-state index in [1.54, 1.807) is 0 Å². The third-order valence-corrected chi connectivity index (χ3v) is 7.77. The van der Waals surface area contributed by atoms with Gasteiger partial charge >= 0.3 is 0 Å². The number of carbonyl (C=O) groups is 1. The maximum atomic E-state index is 13.0. The van der Waals surface area contributed by atoms with Crippen molar-refractivity contribution in [1.82, 2.24) is 14.7 Å². The van der Waals surface area contributed by atoms with Gasteiger partial charge in [0, 0.05) is 61.9 Å². The highest BCUT2D eigenvalue weighted by Crippen LogP contribution is 2.38. The molecule has 0 amide bonds. The second-order valence-corrected chi connectivity index (χ2v) is 9.64. The second-order valence-electron chi connectivity index (χ2n) is 9.64. The normalized spacial score (nSPS) is 23.5. The third kappa shape index (κ3) is 3.93. The molecule has 0 bridgehead atoms. The molecule has 32 heavy (non-hydrogen) atoms. The molecule has 1 N–H and O–H groups in total. The number of rotatable bonds is 4. The molecule has 0 spiro atoms. The average molecular weight is 438 g/mol. The van der Waals surface area contributed by atoms with E-state index in [9.17, 15) is 9.90 Å². The van der Waals surface area contributed by atoms with Gasteiger partial charge < -0.3 is 9.84 Å². The molecule has 3 heterocycles. The van der Waals surface area contributed by atoms with Crippen LogP contribution in [0.1, 0.15) is 68.0 Å². The van der Waals surface area contributed by atoms with E-state index in [1.165, 1.54) is 22.4 Å². The Balaban J connectivity index is 1.61. The van der Waals surface area contributed by atoms with Gasteiger partial charge in [0.2, 0.25) is 0 Å². The molecule has 1 aromatic carbocycles. The molecule has 1 fully saturated rings. The van der Waals surface area contributed by atoms with Crippen LogP contribution in [-0.4, -0.2) is 51.6 Å². The highest BCUT2D eigenvalue weighted by molar-refractivity contribution is 5.87. The van der Waals surface area contributed by atoms with E-state index in [1.807, 2.05) is 6.92 Å². The average Bonchev–Trinajstić information content (AvgIpc) is 3.10. The number of carbonyl (C=O) groups excluding carboxylic acids is 1. The van der Waals surface area contributed by atoms with Crippen molar-refractivity contribution in [3.8, 4) is 11.3 Å². The molecule has 172 valence electrons. The fourth-order valence-electron chi connectivity index (χ4n) is 5.77. The maximum Gasteiger partial charge on any atom is 0.140 e. The first-order chi connectivity index (χ1) is 15.6. The van der Waals surface area contributed by atoms with E-state index in [0.717, 1.165) is 69.5 Å². The zero-order chi connectivity index (χ0) is 22.2. The Kier molecular flexibility index (Phi) is 6.19. The summed E-state index contributed by atoms with van der Waals surface area (Å²) in [6, 6.07) is 6.82. The van der Waals surface area contributed by atoms with Crippen molar-refractivity contribution in [3.63, 3.8) is 0 Å². The molecule has 1 aliphatic carbocycles. The molecule has 0 radical (unpaired) electrons. The lowest BCUT2D eigenvalue weighted by atomic mass is 9.91. The Morgan fingerprint density at radius 2 is 2.00 bits per heavy atom. The SMILES string of the molecule is CCC1CCc2cccc(-c3nn(C4CCOCC4)c4c3CN(C(C)O)CC4)c2CC1=O. The number of hydrogen-bond donors (Lipinski definition) is 1. The highest BCUT2D eigenvalue weighted by Gasteiger charge is 2.32. The number of aryl methyl sites for hydroxylation is 1. The molecule has 6 heteroatoms. The summed E-state index contributed by atoms with van der Waals surface area (Å²) in [5.74, 6) is 0.525. The first-order valence-corrected chi connectivity index (χ1v) is 12.3. The van der Waals surface area contributed by atoms with Crippen molar-refractivity contribution >= 4 is 5.78 Å². The van der Waals surface area contributed by atoms with Crippen molar-refractivity contribution in [1.29, 1.82) is 0 Å². The van der Waals surface area contributed by atoms with Gasteiger partial charge in [0.1, 0.15) is 12.0 Å². The van der Waals surface area contributed by atoms with Gasteiger partial charge in [-0.15, -0.1) is 0 Å². The maximum absolute atomic E-state index is 13.0. The van der Waals surface area contributed by atoms with Crippen molar-refractivity contribution in [2.75, 3.05) is 19.8 Å². The number of benzene rings is 1. The molecular formula is C26H35N3O3. The van der Waals surface area contributed by atoms with E-state index >= 15 is 0 Å². The molecule has 2 atom stereocenters. The van der Waals surface area contributed by atoms with Gasteiger partial charge in [-0.25, -0.2) is 0 Å².